The van der Waals surface area contributed by atoms with Gasteiger partial charge in [-0.25, -0.2) is 4.79 Å². The summed E-state index contributed by atoms with van der Waals surface area (Å²) in [4.78, 5) is 43.2. The number of nitrogens with zero attached hydrogens (tertiary/aromatic N) is 3. The van der Waals surface area contributed by atoms with Gasteiger partial charge >= 0.3 is 6.03 Å². The summed E-state index contributed by atoms with van der Waals surface area (Å²) in [6, 6.07) is 3.68. The largest absolute Gasteiger partial charge is 0.344 e. The van der Waals surface area contributed by atoms with Gasteiger partial charge in [-0.05, 0) is 40.9 Å². The van der Waals surface area contributed by atoms with Crippen molar-refractivity contribution < 1.29 is 14.4 Å². The van der Waals surface area contributed by atoms with E-state index >= 15 is 0 Å². The zero-order valence-corrected chi connectivity index (χ0v) is 18.7. The molecule has 0 aromatic carbocycles. The number of imide groups is 1. The Kier molecular flexibility index (Phi) is 6.24. The van der Waals surface area contributed by atoms with E-state index in [9.17, 15) is 14.4 Å². The van der Waals surface area contributed by atoms with Gasteiger partial charge in [-0.15, -0.1) is 11.3 Å². The molecule has 3 fully saturated rings. The number of halogens is 1. The van der Waals surface area contributed by atoms with Gasteiger partial charge in [0.2, 0.25) is 0 Å². The number of urea groups is 1. The molecule has 3 aliphatic rings. The fourth-order valence-corrected chi connectivity index (χ4v) is 5.87. The van der Waals surface area contributed by atoms with Gasteiger partial charge in [0.15, 0.2) is 0 Å². The maximum Gasteiger partial charge on any atom is 0.344 e. The van der Waals surface area contributed by atoms with E-state index in [0.717, 1.165) is 60.8 Å². The monoisotopic (exact) mass is 483 g/mol. The molecule has 0 radical (unpaired) electrons. The molecular weight excluding hydrogens is 458 g/mol. The zero-order valence-electron chi connectivity index (χ0n) is 16.3. The molecule has 4 amide bonds. The molecule has 0 atom stereocenters. The first kappa shape index (κ1) is 20.8. The topological polar surface area (TPSA) is 85.0 Å². The van der Waals surface area contributed by atoms with Crippen LogP contribution in [-0.4, -0.2) is 70.9 Å². The molecule has 1 aromatic rings. The molecule has 0 bridgehead atoms. The van der Waals surface area contributed by atoms with Crippen LogP contribution in [0.15, 0.2) is 15.9 Å². The van der Waals surface area contributed by atoms with Crippen molar-refractivity contribution in [2.24, 2.45) is 0 Å². The van der Waals surface area contributed by atoms with E-state index in [-0.39, 0.29) is 18.4 Å². The van der Waals surface area contributed by atoms with Gasteiger partial charge in [0, 0.05) is 37.6 Å². The van der Waals surface area contributed by atoms with Gasteiger partial charge < -0.3 is 5.32 Å². The molecule has 1 spiro atoms. The Bertz CT molecular complexity index is 787. The van der Waals surface area contributed by atoms with Gasteiger partial charge in [0.05, 0.1) is 10.3 Å². The highest BCUT2D eigenvalue weighted by molar-refractivity contribution is 9.11. The number of amides is 4. The van der Waals surface area contributed by atoms with Gasteiger partial charge in [0.1, 0.15) is 5.54 Å². The lowest BCUT2D eigenvalue weighted by Crippen LogP contribution is -2.54. The predicted molar refractivity (Wildman–Crippen MR) is 113 cm³/mol. The highest BCUT2D eigenvalue weighted by Gasteiger charge is 2.52. The lowest BCUT2D eigenvalue weighted by molar-refractivity contribution is -0.140. The lowest BCUT2D eigenvalue weighted by Gasteiger charge is -2.34. The summed E-state index contributed by atoms with van der Waals surface area (Å²) in [5.74, 6) is -0.639. The molecule has 4 rings (SSSR count). The Labute approximate surface area is 182 Å². The van der Waals surface area contributed by atoms with E-state index in [0.29, 0.717) is 12.8 Å². The van der Waals surface area contributed by atoms with Crippen LogP contribution in [0.2, 0.25) is 0 Å². The highest BCUT2D eigenvalue weighted by Crippen LogP contribution is 2.33. The van der Waals surface area contributed by atoms with E-state index in [4.69, 9.17) is 0 Å². The van der Waals surface area contributed by atoms with Crippen LogP contribution in [0.1, 0.15) is 37.0 Å². The van der Waals surface area contributed by atoms with Crippen molar-refractivity contribution in [3.8, 4) is 0 Å². The van der Waals surface area contributed by atoms with E-state index in [1.807, 2.05) is 0 Å². The maximum atomic E-state index is 12.7. The van der Waals surface area contributed by atoms with E-state index < -0.39 is 11.6 Å². The van der Waals surface area contributed by atoms with E-state index in [2.05, 4.69) is 48.6 Å². The zero-order chi connectivity index (χ0) is 20.4. The number of thiophene rings is 1. The first-order valence-corrected chi connectivity index (χ1v) is 11.7. The number of hydrogen-bond acceptors (Lipinski definition) is 6. The average Bonchev–Trinajstić information content (AvgIpc) is 3.20. The summed E-state index contributed by atoms with van der Waals surface area (Å²) in [7, 11) is 0. The van der Waals surface area contributed by atoms with Gasteiger partial charge in [0.25, 0.3) is 11.8 Å². The van der Waals surface area contributed by atoms with E-state index in [1.165, 1.54) is 4.88 Å². The van der Waals surface area contributed by atoms with Crippen molar-refractivity contribution in [2.75, 3.05) is 32.7 Å². The molecule has 2 aliphatic heterocycles. The van der Waals surface area contributed by atoms with Crippen LogP contribution in [0, 0.1) is 0 Å². The molecule has 1 aliphatic carbocycles. The van der Waals surface area contributed by atoms with Gasteiger partial charge in [-0.3, -0.25) is 24.8 Å². The quantitative estimate of drug-likeness (QED) is 0.624. The molecule has 158 valence electrons. The third kappa shape index (κ3) is 4.65. The Hall–Kier alpha value is -1.49. The van der Waals surface area contributed by atoms with Crippen LogP contribution in [0.3, 0.4) is 0 Å². The van der Waals surface area contributed by atoms with Crippen molar-refractivity contribution in [2.45, 2.75) is 44.2 Å². The molecule has 8 nitrogen and oxygen atoms in total. The number of piperazine rings is 1. The molecule has 3 heterocycles. The molecule has 2 N–H and O–H groups in total. The minimum absolute atomic E-state index is 0.183. The third-order valence-electron chi connectivity index (χ3n) is 5.95. The Balaban J connectivity index is 1.24. The second-order valence-corrected chi connectivity index (χ2v) is 10.6. The van der Waals surface area contributed by atoms with E-state index in [1.54, 1.807) is 11.3 Å². The fourth-order valence-electron chi connectivity index (χ4n) is 4.34. The van der Waals surface area contributed by atoms with Crippen LogP contribution in [0.4, 0.5) is 4.79 Å². The van der Waals surface area contributed by atoms with Gasteiger partial charge in [-0.1, -0.05) is 19.3 Å². The minimum Gasteiger partial charge on any atom is -0.322 e. The number of nitrogens with one attached hydrogen (secondary N) is 2. The Morgan fingerprint density at radius 1 is 1.10 bits per heavy atom. The fraction of sp³-hybridized carbons (Fsp3) is 0.632. The van der Waals surface area contributed by atoms with Crippen molar-refractivity contribution >= 4 is 45.1 Å². The molecule has 1 saturated carbocycles. The molecular formula is C19H26BrN5O3S. The second kappa shape index (κ2) is 8.71. The standard InChI is InChI=1S/C19H26BrN5O3S/c20-15-5-4-14(29-15)12-23-8-10-24(11-9-23)13-16(26)22-25-17(27)19(21-18(25)28)6-2-1-3-7-19/h4-5H,1-3,6-13H2,(H,21,28)(H,22,26). The van der Waals surface area contributed by atoms with Crippen LogP contribution in [0.5, 0.6) is 0 Å². The molecule has 2 saturated heterocycles. The summed E-state index contributed by atoms with van der Waals surface area (Å²) in [5, 5.41) is 3.70. The number of rotatable bonds is 5. The van der Waals surface area contributed by atoms with Crippen molar-refractivity contribution in [3.63, 3.8) is 0 Å². The second-order valence-electron chi connectivity index (χ2n) is 8.01. The van der Waals surface area contributed by atoms with Gasteiger partial charge in [-0.2, -0.15) is 5.01 Å². The summed E-state index contributed by atoms with van der Waals surface area (Å²) in [5.41, 5.74) is 1.71. The summed E-state index contributed by atoms with van der Waals surface area (Å²) in [6.45, 7) is 4.43. The number of hydrogen-bond donors (Lipinski definition) is 2. The Morgan fingerprint density at radius 3 is 2.45 bits per heavy atom. The maximum absolute atomic E-state index is 12.7. The number of carbonyl (C=O) groups excluding carboxylic acids is 3. The SMILES string of the molecule is O=C(CN1CCN(Cc2ccc(Br)s2)CC1)NN1C(=O)NC2(CCCCC2)C1=O. The Morgan fingerprint density at radius 2 is 1.79 bits per heavy atom. The molecule has 29 heavy (non-hydrogen) atoms. The van der Waals surface area contributed by atoms with Crippen molar-refractivity contribution in [3.05, 3.63) is 20.8 Å². The lowest BCUT2D eigenvalue weighted by atomic mass is 9.82. The smallest absolute Gasteiger partial charge is 0.322 e. The van der Waals surface area contributed by atoms with Crippen LogP contribution in [0.25, 0.3) is 0 Å². The number of hydrazine groups is 1. The predicted octanol–water partition coefficient (Wildman–Crippen LogP) is 1.91. The molecule has 1 aromatic heterocycles. The van der Waals surface area contributed by atoms with Crippen LogP contribution in [-0.2, 0) is 16.1 Å². The first-order chi connectivity index (χ1) is 13.9. The van der Waals surface area contributed by atoms with Crippen molar-refractivity contribution in [1.82, 2.24) is 25.6 Å². The normalized spacial score (nSPS) is 22.9. The summed E-state index contributed by atoms with van der Waals surface area (Å²) in [6.07, 6.45) is 4.20. The van der Waals surface area contributed by atoms with Crippen molar-refractivity contribution in [1.29, 1.82) is 0 Å². The first-order valence-electron chi connectivity index (χ1n) is 10.1. The minimum atomic E-state index is -0.814. The van der Waals surface area contributed by atoms with Crippen LogP contribution >= 0.6 is 27.3 Å². The summed E-state index contributed by atoms with van der Waals surface area (Å²) < 4.78 is 1.14. The highest BCUT2D eigenvalue weighted by atomic mass is 79.9. The average molecular weight is 484 g/mol. The third-order valence-corrected chi connectivity index (χ3v) is 7.55. The van der Waals surface area contributed by atoms with Crippen LogP contribution < -0.4 is 10.7 Å². The molecule has 10 heteroatoms. The number of carbonyl (C=O) groups is 3. The summed E-state index contributed by atoms with van der Waals surface area (Å²) >= 11 is 5.23. The molecule has 0 unspecified atom stereocenters.